The molecule has 0 aromatic heterocycles. The van der Waals surface area contributed by atoms with Gasteiger partial charge in [0.05, 0.1) is 5.92 Å². The third-order valence-electron chi connectivity index (χ3n) is 5.88. The number of aliphatic hydroxyl groups excluding tert-OH is 1. The molecule has 2 atom stereocenters. The predicted octanol–water partition coefficient (Wildman–Crippen LogP) is 2.95. The van der Waals surface area contributed by atoms with Gasteiger partial charge >= 0.3 is 12.1 Å². The molecule has 2 aromatic rings. The van der Waals surface area contributed by atoms with Crippen LogP contribution < -0.4 is 0 Å². The van der Waals surface area contributed by atoms with E-state index in [2.05, 4.69) is 24.3 Å². The zero-order valence-electron chi connectivity index (χ0n) is 15.5. The molecule has 1 heterocycles. The van der Waals surface area contributed by atoms with Gasteiger partial charge < -0.3 is 19.8 Å². The maximum Gasteiger partial charge on any atom is 0.409 e. The van der Waals surface area contributed by atoms with Crippen molar-refractivity contribution >= 4 is 12.1 Å². The summed E-state index contributed by atoms with van der Waals surface area (Å²) in [5, 5.41) is 18.7. The monoisotopic (exact) mass is 381 g/mol. The first-order valence-electron chi connectivity index (χ1n) is 9.53. The van der Waals surface area contributed by atoms with E-state index >= 15 is 0 Å². The van der Waals surface area contributed by atoms with Gasteiger partial charge in [-0.15, -0.1) is 0 Å². The molecule has 4 rings (SSSR count). The van der Waals surface area contributed by atoms with Gasteiger partial charge in [0.2, 0.25) is 0 Å². The minimum absolute atomic E-state index is 0.0125. The van der Waals surface area contributed by atoms with Crippen molar-refractivity contribution in [3.05, 3.63) is 59.7 Å². The van der Waals surface area contributed by atoms with Gasteiger partial charge in [-0.2, -0.15) is 0 Å². The number of carbonyl (C=O) groups is 2. The number of hydrogen-bond acceptors (Lipinski definition) is 4. The number of benzene rings is 2. The Bertz CT molecular complexity index is 851. The van der Waals surface area contributed by atoms with Gasteiger partial charge in [-0.05, 0) is 28.7 Å². The number of amides is 1. The molecule has 146 valence electrons. The first-order valence-corrected chi connectivity index (χ1v) is 9.53. The summed E-state index contributed by atoms with van der Waals surface area (Å²) < 4.78 is 5.63. The molecular formula is C22H23NO5. The highest BCUT2D eigenvalue weighted by atomic mass is 16.6. The smallest absolute Gasteiger partial charge is 0.409 e. The number of carboxylic acids is 1. The lowest BCUT2D eigenvalue weighted by Gasteiger charge is -2.35. The number of nitrogens with zero attached hydrogens (tertiary/aromatic N) is 1. The molecule has 6 nitrogen and oxygen atoms in total. The third-order valence-corrected chi connectivity index (χ3v) is 5.88. The van der Waals surface area contributed by atoms with Crippen LogP contribution in [0.15, 0.2) is 48.5 Å². The van der Waals surface area contributed by atoms with E-state index < -0.39 is 23.9 Å². The zero-order valence-corrected chi connectivity index (χ0v) is 15.5. The molecular weight excluding hydrogens is 358 g/mol. The minimum Gasteiger partial charge on any atom is -0.481 e. The number of aliphatic carboxylic acids is 1. The third kappa shape index (κ3) is 3.24. The SMILES string of the molecule is O=C(O)[C@@H]1CCN(C(=O)OCC2c3ccccc3-c3ccccc32)C[C@H]1CO. The van der Waals surface area contributed by atoms with Crippen molar-refractivity contribution in [1.82, 2.24) is 4.90 Å². The van der Waals surface area contributed by atoms with Crippen LogP contribution in [0.1, 0.15) is 23.5 Å². The molecule has 0 unspecified atom stereocenters. The lowest BCUT2D eigenvalue weighted by Crippen LogP contribution is -2.47. The number of likely N-dealkylation sites (tertiary alicyclic amines) is 1. The van der Waals surface area contributed by atoms with Crippen molar-refractivity contribution in [3.8, 4) is 11.1 Å². The van der Waals surface area contributed by atoms with Crippen molar-refractivity contribution in [2.24, 2.45) is 11.8 Å². The molecule has 1 fully saturated rings. The Morgan fingerprint density at radius 2 is 1.64 bits per heavy atom. The molecule has 1 amide bonds. The average molecular weight is 381 g/mol. The van der Waals surface area contributed by atoms with Crippen LogP contribution in [0.2, 0.25) is 0 Å². The highest BCUT2D eigenvalue weighted by Crippen LogP contribution is 2.44. The zero-order chi connectivity index (χ0) is 19.7. The van der Waals surface area contributed by atoms with E-state index in [4.69, 9.17) is 4.74 Å². The second-order valence-corrected chi connectivity index (χ2v) is 7.43. The van der Waals surface area contributed by atoms with Gasteiger partial charge in [0.1, 0.15) is 6.61 Å². The number of fused-ring (bicyclic) bond motifs is 3. The predicted molar refractivity (Wildman–Crippen MR) is 103 cm³/mol. The number of hydrogen-bond donors (Lipinski definition) is 2. The molecule has 2 aliphatic rings. The number of piperidine rings is 1. The van der Waals surface area contributed by atoms with E-state index in [0.717, 1.165) is 11.1 Å². The van der Waals surface area contributed by atoms with Gasteiger partial charge in [0, 0.05) is 31.5 Å². The minimum atomic E-state index is -0.925. The number of aliphatic hydroxyl groups is 1. The fourth-order valence-electron chi connectivity index (χ4n) is 4.39. The highest BCUT2D eigenvalue weighted by molar-refractivity contribution is 5.79. The lowest BCUT2D eigenvalue weighted by molar-refractivity contribution is -0.146. The first-order chi connectivity index (χ1) is 13.6. The Balaban J connectivity index is 1.45. The first kappa shape index (κ1) is 18.5. The van der Waals surface area contributed by atoms with E-state index in [1.54, 1.807) is 0 Å². The molecule has 0 spiro atoms. The molecule has 6 heteroatoms. The lowest BCUT2D eigenvalue weighted by atomic mass is 9.86. The fraction of sp³-hybridized carbons (Fsp3) is 0.364. The molecule has 0 saturated carbocycles. The van der Waals surface area contributed by atoms with Crippen LogP contribution in [-0.2, 0) is 9.53 Å². The quantitative estimate of drug-likeness (QED) is 0.850. The Labute approximate surface area is 163 Å². The fourth-order valence-corrected chi connectivity index (χ4v) is 4.39. The summed E-state index contributed by atoms with van der Waals surface area (Å²) >= 11 is 0. The van der Waals surface area contributed by atoms with E-state index in [0.29, 0.717) is 13.0 Å². The van der Waals surface area contributed by atoms with Gasteiger partial charge in [0.25, 0.3) is 0 Å². The normalized spacial score (nSPS) is 21.1. The van der Waals surface area contributed by atoms with E-state index in [1.165, 1.54) is 16.0 Å². The van der Waals surface area contributed by atoms with Crippen molar-refractivity contribution in [2.45, 2.75) is 12.3 Å². The molecule has 2 aromatic carbocycles. The summed E-state index contributed by atoms with van der Waals surface area (Å²) in [4.78, 5) is 25.4. The van der Waals surface area contributed by atoms with Gasteiger partial charge in [-0.3, -0.25) is 4.79 Å². The highest BCUT2D eigenvalue weighted by Gasteiger charge is 2.36. The van der Waals surface area contributed by atoms with Gasteiger partial charge in [-0.1, -0.05) is 48.5 Å². The molecule has 1 saturated heterocycles. The maximum absolute atomic E-state index is 12.6. The van der Waals surface area contributed by atoms with E-state index in [1.807, 2.05) is 24.3 Å². The second-order valence-electron chi connectivity index (χ2n) is 7.43. The summed E-state index contributed by atoms with van der Waals surface area (Å²) in [6.07, 6.45) is -0.130. The van der Waals surface area contributed by atoms with Crippen LogP contribution in [0.4, 0.5) is 4.79 Å². The van der Waals surface area contributed by atoms with Crippen LogP contribution in [0.3, 0.4) is 0 Å². The van der Waals surface area contributed by atoms with Crippen molar-refractivity contribution in [3.63, 3.8) is 0 Å². The maximum atomic E-state index is 12.6. The number of carbonyl (C=O) groups excluding carboxylic acids is 1. The summed E-state index contributed by atoms with van der Waals surface area (Å²) in [6, 6.07) is 16.3. The Morgan fingerprint density at radius 3 is 2.21 bits per heavy atom. The summed E-state index contributed by atoms with van der Waals surface area (Å²) in [5.74, 6) is -2.03. The molecule has 0 bridgehead atoms. The molecule has 1 aliphatic carbocycles. The van der Waals surface area contributed by atoms with Crippen LogP contribution >= 0.6 is 0 Å². The van der Waals surface area contributed by atoms with Crippen LogP contribution in [-0.4, -0.2) is 53.5 Å². The summed E-state index contributed by atoms with van der Waals surface area (Å²) in [5.41, 5.74) is 4.63. The number of ether oxygens (including phenoxy) is 1. The Kier molecular flexibility index (Phi) is 5.05. The Morgan fingerprint density at radius 1 is 1.04 bits per heavy atom. The van der Waals surface area contributed by atoms with E-state index in [9.17, 15) is 19.8 Å². The van der Waals surface area contributed by atoms with Gasteiger partial charge in [0.15, 0.2) is 0 Å². The molecule has 2 N–H and O–H groups in total. The topological polar surface area (TPSA) is 87.1 Å². The number of carboxylic acid groups (broad SMARTS) is 1. The van der Waals surface area contributed by atoms with Gasteiger partial charge in [-0.25, -0.2) is 4.79 Å². The summed E-state index contributed by atoms with van der Waals surface area (Å²) in [6.45, 7) is 0.494. The van der Waals surface area contributed by atoms with Crippen LogP contribution in [0.25, 0.3) is 11.1 Å². The van der Waals surface area contributed by atoms with Crippen molar-refractivity contribution in [2.75, 3.05) is 26.3 Å². The standard InChI is InChI=1S/C22H23NO5/c24-12-14-11-23(10-9-15(14)21(25)26)22(27)28-13-20-18-7-3-1-5-16(18)17-6-2-4-8-19(17)20/h1-8,14-15,20,24H,9-13H2,(H,25,26)/t14-,15+/m0/s1. The number of rotatable bonds is 4. The summed E-state index contributed by atoms with van der Waals surface area (Å²) in [7, 11) is 0. The molecule has 1 aliphatic heterocycles. The molecule has 28 heavy (non-hydrogen) atoms. The van der Waals surface area contributed by atoms with Crippen LogP contribution in [0.5, 0.6) is 0 Å². The van der Waals surface area contributed by atoms with Crippen molar-refractivity contribution < 1.29 is 24.5 Å². The van der Waals surface area contributed by atoms with Crippen molar-refractivity contribution in [1.29, 1.82) is 0 Å². The average Bonchev–Trinajstić information content (AvgIpc) is 3.05. The Hall–Kier alpha value is -2.86. The largest absolute Gasteiger partial charge is 0.481 e. The molecule has 0 radical (unpaired) electrons. The van der Waals surface area contributed by atoms with Crippen LogP contribution in [0, 0.1) is 11.8 Å². The van der Waals surface area contributed by atoms with E-state index in [-0.39, 0.29) is 25.7 Å². The second kappa shape index (κ2) is 7.64.